The van der Waals surface area contributed by atoms with E-state index in [9.17, 15) is 4.79 Å². The van der Waals surface area contributed by atoms with Gasteiger partial charge in [0, 0.05) is 12.0 Å². The molecule has 0 fully saturated rings. The summed E-state index contributed by atoms with van der Waals surface area (Å²) in [5, 5.41) is 8.26. The Hall–Kier alpha value is -2.06. The number of ketones is 1. The van der Waals surface area contributed by atoms with Crippen LogP contribution < -0.4 is 0 Å². The maximum Gasteiger partial charge on any atom is 0.236 e. The third kappa shape index (κ3) is 2.47. The Morgan fingerprint density at radius 1 is 1.38 bits per heavy atom. The van der Waals surface area contributed by atoms with Crippen LogP contribution in [0, 0.1) is 23.7 Å². The summed E-state index contributed by atoms with van der Waals surface area (Å²) in [5.74, 6) is 2.03. The van der Waals surface area contributed by atoms with Crippen molar-refractivity contribution in [3.8, 4) is 18.4 Å². The van der Waals surface area contributed by atoms with Gasteiger partial charge >= 0.3 is 0 Å². The van der Waals surface area contributed by atoms with E-state index in [1.165, 1.54) is 0 Å². The maximum absolute atomic E-state index is 10.7. The smallest absolute Gasteiger partial charge is 0.236 e. The normalized spacial score (nSPS) is 8.46. The number of Topliss-reactive ketones (excluding diaryl/α,β-unsaturated/α-hetero) is 1. The molecule has 0 aromatic heterocycles. The molecule has 0 saturated carbocycles. The van der Waals surface area contributed by atoms with Crippen molar-refractivity contribution < 1.29 is 4.79 Å². The lowest BCUT2D eigenvalue weighted by Crippen LogP contribution is -1.98. The molecule has 0 atom stereocenters. The van der Waals surface area contributed by atoms with Gasteiger partial charge in [-0.05, 0) is 17.7 Å². The standard InChI is InChI=1S/C11H7NO/c1-2-9-3-5-10(6-4-9)7-11(13)8-12/h1,3-6H,7H2. The largest absolute Gasteiger partial charge is 0.282 e. The fraction of sp³-hybridized carbons (Fsp3) is 0.0909. The van der Waals surface area contributed by atoms with Crippen molar-refractivity contribution in [2.75, 3.05) is 0 Å². The van der Waals surface area contributed by atoms with Gasteiger partial charge < -0.3 is 0 Å². The van der Waals surface area contributed by atoms with Crippen molar-refractivity contribution in [2.45, 2.75) is 6.42 Å². The number of carbonyl (C=O) groups excluding carboxylic acids is 1. The van der Waals surface area contributed by atoms with Gasteiger partial charge in [-0.2, -0.15) is 5.26 Å². The first-order valence-electron chi connectivity index (χ1n) is 3.74. The van der Waals surface area contributed by atoms with E-state index in [4.69, 9.17) is 11.7 Å². The Labute approximate surface area is 76.8 Å². The highest BCUT2D eigenvalue weighted by molar-refractivity contribution is 5.94. The van der Waals surface area contributed by atoms with Crippen LogP contribution in [0.3, 0.4) is 0 Å². The molecule has 0 radical (unpaired) electrons. The Balaban J connectivity index is 2.78. The number of rotatable bonds is 2. The van der Waals surface area contributed by atoms with Crippen molar-refractivity contribution in [3.05, 3.63) is 35.4 Å². The topological polar surface area (TPSA) is 40.9 Å². The number of nitriles is 1. The summed E-state index contributed by atoms with van der Waals surface area (Å²) in [6.45, 7) is 0. The minimum absolute atomic E-state index is 0.154. The molecule has 0 amide bonds. The van der Waals surface area contributed by atoms with Crippen LogP contribution in [0.1, 0.15) is 11.1 Å². The van der Waals surface area contributed by atoms with Crippen LogP contribution >= 0.6 is 0 Å². The Kier molecular flexibility index (Phi) is 2.84. The third-order valence-electron chi connectivity index (χ3n) is 1.61. The van der Waals surface area contributed by atoms with Crippen molar-refractivity contribution in [3.63, 3.8) is 0 Å². The number of carbonyl (C=O) groups is 1. The first-order chi connectivity index (χ1) is 6.26. The summed E-state index contributed by atoms with van der Waals surface area (Å²) in [6.07, 6.45) is 5.31. The summed E-state index contributed by atoms with van der Waals surface area (Å²) in [4.78, 5) is 10.7. The lowest BCUT2D eigenvalue weighted by Gasteiger charge is -1.95. The Morgan fingerprint density at radius 3 is 2.46 bits per heavy atom. The number of hydrogen-bond acceptors (Lipinski definition) is 2. The fourth-order valence-corrected chi connectivity index (χ4v) is 0.944. The molecule has 0 aliphatic rings. The molecule has 0 N–H and O–H groups in total. The molecule has 0 saturated heterocycles. The predicted molar refractivity (Wildman–Crippen MR) is 48.7 cm³/mol. The lowest BCUT2D eigenvalue weighted by molar-refractivity contribution is -0.113. The number of terminal acetylenes is 1. The van der Waals surface area contributed by atoms with E-state index in [2.05, 4.69) is 5.92 Å². The first-order valence-corrected chi connectivity index (χ1v) is 3.74. The Bertz CT molecular complexity index is 390. The summed E-state index contributed by atoms with van der Waals surface area (Å²) in [6, 6.07) is 8.57. The van der Waals surface area contributed by atoms with Crippen molar-refractivity contribution in [1.82, 2.24) is 0 Å². The molecular formula is C11H7NO. The monoisotopic (exact) mass is 169 g/mol. The molecule has 1 aromatic carbocycles. The van der Waals surface area contributed by atoms with Crippen LogP contribution in [-0.2, 0) is 11.2 Å². The van der Waals surface area contributed by atoms with Gasteiger partial charge in [-0.25, -0.2) is 0 Å². The second-order valence-electron chi connectivity index (χ2n) is 2.55. The highest BCUT2D eigenvalue weighted by Crippen LogP contribution is 2.03. The average Bonchev–Trinajstić information content (AvgIpc) is 2.19. The van der Waals surface area contributed by atoms with E-state index in [0.29, 0.717) is 0 Å². The molecule has 1 rings (SSSR count). The second-order valence-corrected chi connectivity index (χ2v) is 2.55. The van der Waals surface area contributed by atoms with Crippen LogP contribution in [0.5, 0.6) is 0 Å². The van der Waals surface area contributed by atoms with E-state index in [-0.39, 0.29) is 6.42 Å². The summed E-state index contributed by atoms with van der Waals surface area (Å²) in [7, 11) is 0. The maximum atomic E-state index is 10.7. The molecule has 13 heavy (non-hydrogen) atoms. The predicted octanol–water partition coefficient (Wildman–Crippen LogP) is 1.30. The van der Waals surface area contributed by atoms with Crippen molar-refractivity contribution in [2.24, 2.45) is 0 Å². The minimum atomic E-state index is -0.437. The molecule has 1 aromatic rings. The molecular weight excluding hydrogens is 162 g/mol. The van der Waals surface area contributed by atoms with Crippen molar-refractivity contribution in [1.29, 1.82) is 5.26 Å². The van der Waals surface area contributed by atoms with Gasteiger partial charge in [0.25, 0.3) is 0 Å². The average molecular weight is 169 g/mol. The van der Waals surface area contributed by atoms with Gasteiger partial charge in [-0.1, -0.05) is 18.1 Å². The molecule has 0 unspecified atom stereocenters. The summed E-state index contributed by atoms with van der Waals surface area (Å²) >= 11 is 0. The van der Waals surface area contributed by atoms with Gasteiger partial charge in [0.05, 0.1) is 0 Å². The first kappa shape index (κ1) is 9.03. The summed E-state index contributed by atoms with van der Waals surface area (Å²) in [5.41, 5.74) is 1.58. The van der Waals surface area contributed by atoms with E-state index < -0.39 is 5.78 Å². The molecule has 0 bridgehead atoms. The lowest BCUT2D eigenvalue weighted by atomic mass is 10.1. The molecule has 0 aliphatic carbocycles. The van der Waals surface area contributed by atoms with Crippen LogP contribution in [0.4, 0.5) is 0 Å². The number of benzene rings is 1. The summed E-state index contributed by atoms with van der Waals surface area (Å²) < 4.78 is 0. The van der Waals surface area contributed by atoms with Gasteiger partial charge in [0.15, 0.2) is 0 Å². The van der Waals surface area contributed by atoms with Crippen LogP contribution in [0.2, 0.25) is 0 Å². The van der Waals surface area contributed by atoms with Crippen LogP contribution in [0.25, 0.3) is 0 Å². The van der Waals surface area contributed by atoms with Crippen molar-refractivity contribution >= 4 is 5.78 Å². The molecule has 0 spiro atoms. The van der Waals surface area contributed by atoms with E-state index in [0.717, 1.165) is 11.1 Å². The fourth-order valence-electron chi connectivity index (χ4n) is 0.944. The quantitative estimate of drug-likeness (QED) is 0.494. The SMILES string of the molecule is C#Cc1ccc(CC(=O)C#N)cc1. The van der Waals surface area contributed by atoms with E-state index >= 15 is 0 Å². The number of hydrogen-bond donors (Lipinski definition) is 0. The van der Waals surface area contributed by atoms with Gasteiger partial charge in [-0.3, -0.25) is 4.79 Å². The van der Waals surface area contributed by atoms with Crippen LogP contribution in [-0.4, -0.2) is 5.78 Å². The Morgan fingerprint density at radius 2 is 2.00 bits per heavy atom. The third-order valence-corrected chi connectivity index (χ3v) is 1.61. The second kappa shape index (κ2) is 4.09. The highest BCUT2D eigenvalue weighted by atomic mass is 16.1. The van der Waals surface area contributed by atoms with E-state index in [1.54, 1.807) is 30.3 Å². The van der Waals surface area contributed by atoms with E-state index in [1.807, 2.05) is 0 Å². The zero-order valence-corrected chi connectivity index (χ0v) is 6.95. The zero-order valence-electron chi connectivity index (χ0n) is 6.95. The molecule has 2 nitrogen and oxygen atoms in total. The van der Waals surface area contributed by atoms with Gasteiger partial charge in [-0.15, -0.1) is 6.42 Å². The van der Waals surface area contributed by atoms with Gasteiger partial charge in [0.1, 0.15) is 6.07 Å². The molecule has 62 valence electrons. The molecule has 0 heterocycles. The van der Waals surface area contributed by atoms with Gasteiger partial charge in [0.2, 0.25) is 5.78 Å². The molecule has 0 aliphatic heterocycles. The molecule has 2 heteroatoms. The van der Waals surface area contributed by atoms with Crippen LogP contribution in [0.15, 0.2) is 24.3 Å². The number of nitrogens with zero attached hydrogens (tertiary/aromatic N) is 1. The highest BCUT2D eigenvalue weighted by Gasteiger charge is 2.00. The minimum Gasteiger partial charge on any atom is -0.282 e. The zero-order chi connectivity index (χ0) is 9.68.